The van der Waals surface area contributed by atoms with Crippen LogP contribution in [0.5, 0.6) is 0 Å². The number of ketones is 1. The van der Waals surface area contributed by atoms with Crippen molar-refractivity contribution in [1.82, 2.24) is 5.32 Å². The van der Waals surface area contributed by atoms with E-state index in [2.05, 4.69) is 5.32 Å². The lowest BCUT2D eigenvalue weighted by atomic mass is 9.92. The number of hydrogen-bond acceptors (Lipinski definition) is 3. The molecule has 0 saturated heterocycles. The van der Waals surface area contributed by atoms with Crippen LogP contribution < -0.4 is 5.32 Å². The van der Waals surface area contributed by atoms with Gasteiger partial charge in [0, 0.05) is 5.56 Å². The molecule has 0 heterocycles. The Balaban J connectivity index is 3.07. The van der Waals surface area contributed by atoms with Gasteiger partial charge in [-0.3, -0.25) is 9.59 Å². The molecular formula is C17H25NO3. The molecule has 21 heavy (non-hydrogen) atoms. The predicted octanol–water partition coefficient (Wildman–Crippen LogP) is 2.88. The minimum Gasteiger partial charge on any atom is -0.481 e. The van der Waals surface area contributed by atoms with Crippen LogP contribution in [0, 0.1) is 26.7 Å². The van der Waals surface area contributed by atoms with Crippen molar-refractivity contribution in [3.05, 3.63) is 34.4 Å². The highest BCUT2D eigenvalue weighted by Gasteiger charge is 2.25. The van der Waals surface area contributed by atoms with Gasteiger partial charge >= 0.3 is 5.97 Å². The molecule has 0 radical (unpaired) electrons. The Bertz CT molecular complexity index is 512. The summed E-state index contributed by atoms with van der Waals surface area (Å²) in [6.45, 7) is 10.4. The molecule has 0 aliphatic heterocycles. The highest BCUT2D eigenvalue weighted by molar-refractivity contribution is 6.04. The van der Waals surface area contributed by atoms with E-state index in [4.69, 9.17) is 5.11 Å². The molecule has 0 fully saturated rings. The van der Waals surface area contributed by atoms with Crippen molar-refractivity contribution in [2.75, 3.05) is 6.54 Å². The quantitative estimate of drug-likeness (QED) is 0.758. The number of Topliss-reactive ketones (excluding diaryl/α,β-unsaturated/α-hetero) is 1. The second kappa shape index (κ2) is 7.36. The molecule has 0 amide bonds. The van der Waals surface area contributed by atoms with Crippen molar-refractivity contribution in [3.8, 4) is 0 Å². The fourth-order valence-electron chi connectivity index (χ4n) is 2.55. The molecule has 1 aromatic rings. The van der Waals surface area contributed by atoms with Gasteiger partial charge in [0.05, 0.1) is 12.5 Å². The Morgan fingerprint density at radius 2 is 1.67 bits per heavy atom. The molecule has 4 heteroatoms. The zero-order valence-corrected chi connectivity index (χ0v) is 13.5. The zero-order valence-electron chi connectivity index (χ0n) is 13.5. The SMILES string of the molecule is Cc1cc(C)c(C(=O)C(CC(=O)O)NCC(C)C)c(C)c1. The van der Waals surface area contributed by atoms with Gasteiger partial charge < -0.3 is 10.4 Å². The standard InChI is InChI=1S/C17H25NO3/c1-10(2)9-18-14(8-15(19)20)17(21)16-12(4)6-11(3)7-13(16)5/h6-7,10,14,18H,8-9H2,1-5H3,(H,19,20). The number of carboxylic acids is 1. The molecule has 0 saturated carbocycles. The summed E-state index contributed by atoms with van der Waals surface area (Å²) in [6, 6.07) is 3.24. The molecule has 0 aliphatic carbocycles. The van der Waals surface area contributed by atoms with Crippen molar-refractivity contribution in [2.24, 2.45) is 5.92 Å². The lowest BCUT2D eigenvalue weighted by Gasteiger charge is -2.20. The maximum absolute atomic E-state index is 12.7. The van der Waals surface area contributed by atoms with Crippen LogP contribution in [-0.2, 0) is 4.79 Å². The number of hydrogen-bond donors (Lipinski definition) is 2. The molecule has 116 valence electrons. The number of carbonyl (C=O) groups is 2. The molecule has 0 aromatic heterocycles. The van der Waals surface area contributed by atoms with E-state index in [-0.39, 0.29) is 12.2 Å². The summed E-state index contributed by atoms with van der Waals surface area (Å²) < 4.78 is 0. The summed E-state index contributed by atoms with van der Waals surface area (Å²) in [5.41, 5.74) is 3.55. The number of nitrogens with one attached hydrogen (secondary N) is 1. The van der Waals surface area contributed by atoms with Crippen molar-refractivity contribution in [2.45, 2.75) is 47.1 Å². The summed E-state index contributed by atoms with van der Waals surface area (Å²) in [4.78, 5) is 23.7. The zero-order chi connectivity index (χ0) is 16.2. The molecule has 0 bridgehead atoms. The van der Waals surface area contributed by atoms with E-state index in [0.29, 0.717) is 18.0 Å². The third kappa shape index (κ3) is 4.97. The van der Waals surface area contributed by atoms with Crippen molar-refractivity contribution in [3.63, 3.8) is 0 Å². The van der Waals surface area contributed by atoms with Crippen LogP contribution in [-0.4, -0.2) is 29.4 Å². The van der Waals surface area contributed by atoms with Crippen molar-refractivity contribution in [1.29, 1.82) is 0 Å². The Hall–Kier alpha value is -1.68. The summed E-state index contributed by atoms with van der Waals surface area (Å²) in [6.07, 6.45) is -0.196. The summed E-state index contributed by atoms with van der Waals surface area (Å²) >= 11 is 0. The first-order valence-corrected chi connectivity index (χ1v) is 7.29. The fraction of sp³-hybridized carbons (Fsp3) is 0.529. The Morgan fingerprint density at radius 1 is 1.14 bits per heavy atom. The van der Waals surface area contributed by atoms with Crippen molar-refractivity contribution >= 4 is 11.8 Å². The van der Waals surface area contributed by atoms with Crippen LogP contribution in [0.2, 0.25) is 0 Å². The van der Waals surface area contributed by atoms with Gasteiger partial charge in [-0.05, 0) is 44.4 Å². The lowest BCUT2D eigenvalue weighted by Crippen LogP contribution is -2.41. The average Bonchev–Trinajstić information content (AvgIpc) is 2.32. The summed E-state index contributed by atoms with van der Waals surface area (Å²) in [7, 11) is 0. The largest absolute Gasteiger partial charge is 0.481 e. The molecule has 2 N–H and O–H groups in total. The average molecular weight is 291 g/mol. The topological polar surface area (TPSA) is 66.4 Å². The molecule has 4 nitrogen and oxygen atoms in total. The summed E-state index contributed by atoms with van der Waals surface area (Å²) in [5.74, 6) is -0.741. The van der Waals surface area contributed by atoms with Crippen LogP contribution in [0.3, 0.4) is 0 Å². The molecule has 1 atom stereocenters. The second-order valence-corrected chi connectivity index (χ2v) is 6.09. The van der Waals surface area contributed by atoms with Crippen LogP contribution in [0.15, 0.2) is 12.1 Å². The van der Waals surface area contributed by atoms with E-state index >= 15 is 0 Å². The van der Waals surface area contributed by atoms with Gasteiger partial charge in [0.1, 0.15) is 0 Å². The van der Waals surface area contributed by atoms with E-state index in [1.807, 2.05) is 46.8 Å². The lowest BCUT2D eigenvalue weighted by molar-refractivity contribution is -0.137. The first kappa shape index (κ1) is 17.4. The van der Waals surface area contributed by atoms with Crippen LogP contribution in [0.1, 0.15) is 47.3 Å². The smallest absolute Gasteiger partial charge is 0.305 e. The van der Waals surface area contributed by atoms with Crippen molar-refractivity contribution < 1.29 is 14.7 Å². The molecule has 0 spiro atoms. The minimum absolute atomic E-state index is 0.131. The van der Waals surface area contributed by atoms with Crippen LogP contribution in [0.4, 0.5) is 0 Å². The van der Waals surface area contributed by atoms with Crippen LogP contribution in [0.25, 0.3) is 0 Å². The molecular weight excluding hydrogens is 266 g/mol. The van der Waals surface area contributed by atoms with Gasteiger partial charge in [-0.1, -0.05) is 31.5 Å². The molecule has 1 aromatic carbocycles. The third-order valence-corrected chi connectivity index (χ3v) is 3.39. The second-order valence-electron chi connectivity index (χ2n) is 6.09. The number of rotatable bonds is 7. The monoisotopic (exact) mass is 291 g/mol. The van der Waals surface area contributed by atoms with Gasteiger partial charge in [0.2, 0.25) is 0 Å². The number of aryl methyl sites for hydroxylation is 3. The number of carbonyl (C=O) groups excluding carboxylic acids is 1. The van der Waals surface area contributed by atoms with E-state index in [0.717, 1.165) is 16.7 Å². The Kier molecular flexibility index (Phi) is 6.09. The maximum atomic E-state index is 12.7. The first-order chi connectivity index (χ1) is 9.72. The van der Waals surface area contributed by atoms with Gasteiger partial charge in [-0.2, -0.15) is 0 Å². The van der Waals surface area contributed by atoms with Gasteiger partial charge in [0.15, 0.2) is 5.78 Å². The fourth-order valence-corrected chi connectivity index (χ4v) is 2.55. The van der Waals surface area contributed by atoms with E-state index < -0.39 is 12.0 Å². The van der Waals surface area contributed by atoms with Gasteiger partial charge in [-0.25, -0.2) is 0 Å². The summed E-state index contributed by atoms with van der Waals surface area (Å²) in [5, 5.41) is 12.1. The van der Waals surface area contributed by atoms with E-state index in [9.17, 15) is 9.59 Å². The van der Waals surface area contributed by atoms with E-state index in [1.54, 1.807) is 0 Å². The number of carboxylic acid groups (broad SMARTS) is 1. The van der Waals surface area contributed by atoms with Crippen LogP contribution >= 0.6 is 0 Å². The number of aliphatic carboxylic acids is 1. The minimum atomic E-state index is -0.966. The highest BCUT2D eigenvalue weighted by Crippen LogP contribution is 2.19. The third-order valence-electron chi connectivity index (χ3n) is 3.39. The maximum Gasteiger partial charge on any atom is 0.305 e. The molecule has 1 unspecified atom stereocenters. The molecule has 1 rings (SSSR count). The number of benzene rings is 1. The predicted molar refractivity (Wildman–Crippen MR) is 83.9 cm³/mol. The van der Waals surface area contributed by atoms with E-state index in [1.165, 1.54) is 0 Å². The van der Waals surface area contributed by atoms with Gasteiger partial charge in [-0.15, -0.1) is 0 Å². The Morgan fingerprint density at radius 3 is 2.10 bits per heavy atom. The first-order valence-electron chi connectivity index (χ1n) is 7.29. The highest BCUT2D eigenvalue weighted by atomic mass is 16.4. The normalized spacial score (nSPS) is 12.5. The van der Waals surface area contributed by atoms with Gasteiger partial charge in [0.25, 0.3) is 0 Å². The Labute approximate surface area is 126 Å². The molecule has 0 aliphatic rings.